The fourth-order valence-corrected chi connectivity index (χ4v) is 3.03. The first kappa shape index (κ1) is 12.0. The normalized spacial score (nSPS) is 15.1. The van der Waals surface area contributed by atoms with Gasteiger partial charge >= 0.3 is 0 Å². The number of pyridine rings is 1. The molecule has 0 aliphatic heterocycles. The molecule has 3 rings (SSSR count). The van der Waals surface area contributed by atoms with Crippen molar-refractivity contribution in [2.45, 2.75) is 32.6 Å². The highest BCUT2D eigenvalue weighted by atomic mass is 79.9. The van der Waals surface area contributed by atoms with Crippen molar-refractivity contribution in [3.63, 3.8) is 0 Å². The Bertz CT molecular complexity index is 603. The average molecular weight is 305 g/mol. The fraction of sp³-hybridized carbons (Fsp3) is 0.400. The van der Waals surface area contributed by atoms with Crippen LogP contribution >= 0.6 is 15.9 Å². The smallest absolute Gasteiger partial charge is 0.0868 e. The first-order valence-electron chi connectivity index (χ1n) is 6.53. The van der Waals surface area contributed by atoms with Crippen LogP contribution in [0.4, 0.5) is 5.69 Å². The fourth-order valence-electron chi connectivity index (χ4n) is 2.37. The third-order valence-corrected chi connectivity index (χ3v) is 4.00. The molecule has 0 radical (unpaired) electrons. The molecule has 3 heteroatoms. The molecule has 0 amide bonds. The molecule has 18 heavy (non-hydrogen) atoms. The van der Waals surface area contributed by atoms with E-state index in [0.717, 1.165) is 16.5 Å². The Balaban J connectivity index is 2.26. The second kappa shape index (κ2) is 4.54. The lowest BCUT2D eigenvalue weighted by molar-refractivity contribution is 1.04. The van der Waals surface area contributed by atoms with Crippen molar-refractivity contribution in [1.82, 2.24) is 4.98 Å². The Morgan fingerprint density at radius 2 is 2.11 bits per heavy atom. The number of anilines is 1. The molecule has 1 aliphatic rings. The molecule has 1 aromatic carbocycles. The minimum absolute atomic E-state index is 0.681. The number of fused-ring (bicyclic) bond motifs is 1. The van der Waals surface area contributed by atoms with Gasteiger partial charge in [-0.3, -0.25) is 4.98 Å². The van der Waals surface area contributed by atoms with E-state index in [9.17, 15) is 0 Å². The number of aromatic nitrogens is 1. The van der Waals surface area contributed by atoms with Gasteiger partial charge < -0.3 is 5.32 Å². The quantitative estimate of drug-likeness (QED) is 0.895. The largest absolute Gasteiger partial charge is 0.385 e. The molecular weight excluding hydrogens is 288 g/mol. The Morgan fingerprint density at radius 1 is 1.33 bits per heavy atom. The Morgan fingerprint density at radius 3 is 2.78 bits per heavy atom. The maximum absolute atomic E-state index is 4.83. The number of nitrogens with zero attached hydrogens (tertiary/aromatic N) is 1. The third-order valence-electron chi connectivity index (χ3n) is 3.39. The molecule has 1 aromatic heterocycles. The molecule has 2 aromatic rings. The van der Waals surface area contributed by atoms with Crippen molar-refractivity contribution >= 4 is 32.5 Å². The maximum atomic E-state index is 4.83. The molecular formula is C15H17BrN2. The summed E-state index contributed by atoms with van der Waals surface area (Å²) < 4.78 is 1.10. The summed E-state index contributed by atoms with van der Waals surface area (Å²) in [5.41, 5.74) is 4.80. The molecule has 0 spiro atoms. The van der Waals surface area contributed by atoms with Gasteiger partial charge in [-0.2, -0.15) is 0 Å². The van der Waals surface area contributed by atoms with Gasteiger partial charge in [0.05, 0.1) is 5.52 Å². The van der Waals surface area contributed by atoms with Crippen LogP contribution in [0.5, 0.6) is 0 Å². The Kier molecular flexibility index (Phi) is 3.02. The number of aryl methyl sites for hydroxylation is 1. The van der Waals surface area contributed by atoms with Gasteiger partial charge in [0, 0.05) is 33.7 Å². The number of hydrogen-bond acceptors (Lipinski definition) is 2. The van der Waals surface area contributed by atoms with Gasteiger partial charge in [0.15, 0.2) is 0 Å². The summed E-state index contributed by atoms with van der Waals surface area (Å²) in [4.78, 5) is 4.83. The average Bonchev–Trinajstić information content (AvgIpc) is 3.14. The topological polar surface area (TPSA) is 24.9 Å². The van der Waals surface area contributed by atoms with Crippen LogP contribution in [-0.4, -0.2) is 11.5 Å². The molecule has 1 heterocycles. The zero-order chi connectivity index (χ0) is 12.7. The van der Waals surface area contributed by atoms with E-state index >= 15 is 0 Å². The van der Waals surface area contributed by atoms with Gasteiger partial charge in [0.1, 0.15) is 0 Å². The minimum Gasteiger partial charge on any atom is -0.385 e. The van der Waals surface area contributed by atoms with Crippen LogP contribution in [0.15, 0.2) is 22.7 Å². The van der Waals surface area contributed by atoms with Crippen LogP contribution in [0.3, 0.4) is 0 Å². The molecule has 1 aliphatic carbocycles. The van der Waals surface area contributed by atoms with Gasteiger partial charge in [-0.1, -0.05) is 0 Å². The van der Waals surface area contributed by atoms with Crippen LogP contribution in [0.2, 0.25) is 0 Å². The van der Waals surface area contributed by atoms with Gasteiger partial charge in [0.2, 0.25) is 0 Å². The van der Waals surface area contributed by atoms with Gasteiger partial charge in [-0.25, -0.2) is 0 Å². The second-order valence-corrected chi connectivity index (χ2v) is 5.90. The summed E-state index contributed by atoms with van der Waals surface area (Å²) in [5, 5.41) is 4.68. The van der Waals surface area contributed by atoms with Crippen LogP contribution in [0, 0.1) is 6.92 Å². The van der Waals surface area contributed by atoms with Crippen molar-refractivity contribution in [1.29, 1.82) is 0 Å². The highest BCUT2D eigenvalue weighted by molar-refractivity contribution is 9.10. The zero-order valence-corrected chi connectivity index (χ0v) is 12.3. The number of benzene rings is 1. The Labute approximate surface area is 116 Å². The molecule has 0 bridgehead atoms. The van der Waals surface area contributed by atoms with Gasteiger partial charge in [-0.15, -0.1) is 0 Å². The first-order valence-corrected chi connectivity index (χ1v) is 7.33. The highest BCUT2D eigenvalue weighted by Gasteiger charge is 2.26. The zero-order valence-electron chi connectivity index (χ0n) is 10.8. The lowest BCUT2D eigenvalue weighted by Gasteiger charge is -2.12. The number of rotatable bonds is 3. The summed E-state index contributed by atoms with van der Waals surface area (Å²) in [6.07, 6.45) is 2.57. The lowest BCUT2D eigenvalue weighted by Crippen LogP contribution is -2.01. The van der Waals surface area contributed by atoms with E-state index in [2.05, 4.69) is 53.3 Å². The predicted molar refractivity (Wildman–Crippen MR) is 80.3 cm³/mol. The number of halogens is 1. The molecule has 0 atom stereocenters. The molecule has 94 valence electrons. The van der Waals surface area contributed by atoms with E-state index in [-0.39, 0.29) is 0 Å². The van der Waals surface area contributed by atoms with Gasteiger partial charge in [0.25, 0.3) is 0 Å². The Hall–Kier alpha value is -1.09. The summed E-state index contributed by atoms with van der Waals surface area (Å²) in [6, 6.07) is 6.58. The SMILES string of the molecule is CCNc1cc(C2CC2)nc2c(Br)cc(C)cc12. The molecule has 1 fully saturated rings. The maximum Gasteiger partial charge on any atom is 0.0868 e. The van der Waals surface area contributed by atoms with Crippen molar-refractivity contribution in [2.75, 3.05) is 11.9 Å². The molecule has 0 unspecified atom stereocenters. The van der Waals surface area contributed by atoms with E-state index < -0.39 is 0 Å². The molecule has 1 saturated carbocycles. The number of nitrogens with one attached hydrogen (secondary N) is 1. The summed E-state index contributed by atoms with van der Waals surface area (Å²) in [5.74, 6) is 0.681. The summed E-state index contributed by atoms with van der Waals surface area (Å²) in [6.45, 7) is 5.19. The minimum atomic E-state index is 0.681. The number of hydrogen-bond donors (Lipinski definition) is 1. The lowest BCUT2D eigenvalue weighted by atomic mass is 10.1. The van der Waals surface area contributed by atoms with Crippen LogP contribution in [0.25, 0.3) is 10.9 Å². The van der Waals surface area contributed by atoms with E-state index in [1.54, 1.807) is 0 Å². The van der Waals surface area contributed by atoms with E-state index in [1.165, 1.54) is 35.2 Å². The van der Waals surface area contributed by atoms with Crippen molar-refractivity contribution in [3.8, 4) is 0 Å². The molecule has 2 nitrogen and oxygen atoms in total. The monoisotopic (exact) mass is 304 g/mol. The predicted octanol–water partition coefficient (Wildman–Crippen LogP) is 4.61. The second-order valence-electron chi connectivity index (χ2n) is 5.04. The van der Waals surface area contributed by atoms with Crippen LogP contribution < -0.4 is 5.32 Å². The third kappa shape index (κ3) is 2.12. The highest BCUT2D eigenvalue weighted by Crippen LogP contribution is 2.42. The van der Waals surface area contributed by atoms with Crippen LogP contribution in [-0.2, 0) is 0 Å². The molecule has 0 saturated heterocycles. The van der Waals surface area contributed by atoms with E-state index in [1.807, 2.05) is 0 Å². The van der Waals surface area contributed by atoms with E-state index in [4.69, 9.17) is 4.98 Å². The van der Waals surface area contributed by atoms with E-state index in [0.29, 0.717) is 5.92 Å². The van der Waals surface area contributed by atoms with Gasteiger partial charge in [-0.05, 0) is 66.4 Å². The summed E-state index contributed by atoms with van der Waals surface area (Å²) in [7, 11) is 0. The molecule has 1 N–H and O–H groups in total. The van der Waals surface area contributed by atoms with Crippen molar-refractivity contribution in [2.24, 2.45) is 0 Å². The summed E-state index contributed by atoms with van der Waals surface area (Å²) >= 11 is 3.65. The van der Waals surface area contributed by atoms with Crippen molar-refractivity contribution in [3.05, 3.63) is 33.9 Å². The standard InChI is InChI=1S/C15H17BrN2/c1-3-17-14-8-13(10-4-5-10)18-15-11(14)6-9(2)7-12(15)16/h6-8,10H,3-5H2,1-2H3,(H,17,18). The van der Waals surface area contributed by atoms with Crippen molar-refractivity contribution < 1.29 is 0 Å². The van der Waals surface area contributed by atoms with Crippen LogP contribution in [0.1, 0.15) is 36.9 Å². The first-order chi connectivity index (χ1) is 8.69.